The maximum absolute atomic E-state index is 11.8. The van der Waals surface area contributed by atoms with Gasteiger partial charge in [0.1, 0.15) is 12.2 Å². The molecule has 0 bridgehead atoms. The summed E-state index contributed by atoms with van der Waals surface area (Å²) in [4.78, 5) is 3.89. The number of rotatable bonds is 5. The molecule has 8 heteroatoms. The number of nitrogens with zero attached hydrogens (tertiary/aromatic N) is 3. The van der Waals surface area contributed by atoms with E-state index >= 15 is 0 Å². The van der Waals surface area contributed by atoms with Crippen molar-refractivity contribution >= 4 is 10.2 Å². The predicted octanol–water partition coefficient (Wildman–Crippen LogP) is 0.0403. The molecular formula is C8H17N5O2S. The third-order valence-electron chi connectivity index (χ3n) is 2.28. The van der Waals surface area contributed by atoms with Crippen molar-refractivity contribution in [2.45, 2.75) is 32.9 Å². The second-order valence-corrected chi connectivity index (χ2v) is 5.59. The number of aromatic nitrogens is 3. The Morgan fingerprint density at radius 2 is 2.06 bits per heavy atom. The lowest BCUT2D eigenvalue weighted by Gasteiger charge is -2.23. The van der Waals surface area contributed by atoms with E-state index in [0.717, 1.165) is 0 Å². The molecule has 1 heterocycles. The molecule has 7 nitrogen and oxygen atoms in total. The Bertz CT molecular complexity index is 414. The molecule has 16 heavy (non-hydrogen) atoms. The molecule has 1 unspecified atom stereocenters. The van der Waals surface area contributed by atoms with E-state index < -0.39 is 16.3 Å². The fourth-order valence-electron chi connectivity index (χ4n) is 1.06. The molecule has 0 saturated heterocycles. The van der Waals surface area contributed by atoms with Crippen LogP contribution in [-0.2, 0) is 10.2 Å². The van der Waals surface area contributed by atoms with Crippen LogP contribution < -0.4 is 4.72 Å². The second-order valence-electron chi connectivity index (χ2n) is 3.83. The minimum absolute atomic E-state index is 0.0978. The zero-order valence-electron chi connectivity index (χ0n) is 9.80. The van der Waals surface area contributed by atoms with Crippen molar-refractivity contribution in [3.05, 3.63) is 12.2 Å². The quantitative estimate of drug-likeness (QED) is 0.768. The Hall–Kier alpha value is -0.990. The first-order valence-electron chi connectivity index (χ1n) is 4.95. The summed E-state index contributed by atoms with van der Waals surface area (Å²) in [6.07, 6.45) is 1.34. The molecule has 1 aromatic rings. The van der Waals surface area contributed by atoms with Crippen LogP contribution in [0.2, 0.25) is 0 Å². The summed E-state index contributed by atoms with van der Waals surface area (Å²) in [5, 5.41) is 6.29. The molecule has 0 amide bonds. The van der Waals surface area contributed by atoms with Gasteiger partial charge in [-0.25, -0.2) is 4.98 Å². The summed E-state index contributed by atoms with van der Waals surface area (Å²) < 4.78 is 27.4. The Kier molecular flexibility index (Phi) is 4.00. The van der Waals surface area contributed by atoms with Gasteiger partial charge in [-0.05, 0) is 20.8 Å². The van der Waals surface area contributed by atoms with Crippen LogP contribution in [0.15, 0.2) is 6.33 Å². The maximum Gasteiger partial charge on any atom is 0.280 e. The van der Waals surface area contributed by atoms with Gasteiger partial charge >= 0.3 is 0 Å². The highest BCUT2D eigenvalue weighted by Crippen LogP contribution is 2.09. The Balaban J connectivity index is 2.74. The van der Waals surface area contributed by atoms with Crippen LogP contribution in [0.4, 0.5) is 0 Å². The molecule has 0 aliphatic carbocycles. The van der Waals surface area contributed by atoms with Crippen molar-refractivity contribution < 1.29 is 8.42 Å². The standard InChI is InChI=1S/C8H17N5O2S/c1-6(2)13(4)16(14,15)12-7(3)8-9-5-10-11-8/h5-7,12H,1-4H3,(H,9,10,11). The number of nitrogens with one attached hydrogen (secondary N) is 2. The molecule has 1 aromatic heterocycles. The number of hydrogen-bond donors (Lipinski definition) is 2. The third kappa shape index (κ3) is 3.00. The van der Waals surface area contributed by atoms with Gasteiger partial charge < -0.3 is 0 Å². The first-order chi connectivity index (χ1) is 7.34. The molecule has 1 atom stereocenters. The van der Waals surface area contributed by atoms with Crippen molar-refractivity contribution in [1.29, 1.82) is 0 Å². The SMILES string of the molecule is CC(NS(=O)(=O)N(C)C(C)C)c1ncn[nH]1. The highest BCUT2D eigenvalue weighted by molar-refractivity contribution is 7.87. The molecule has 0 spiro atoms. The van der Waals surface area contributed by atoms with E-state index in [1.54, 1.807) is 20.8 Å². The lowest BCUT2D eigenvalue weighted by Crippen LogP contribution is -2.43. The lowest BCUT2D eigenvalue weighted by molar-refractivity contribution is 0.397. The lowest BCUT2D eigenvalue weighted by atomic mass is 10.3. The smallest absolute Gasteiger partial charge is 0.262 e. The number of hydrogen-bond acceptors (Lipinski definition) is 4. The number of H-pyrrole nitrogens is 1. The molecule has 2 N–H and O–H groups in total. The van der Waals surface area contributed by atoms with Crippen molar-refractivity contribution in [2.75, 3.05) is 7.05 Å². The Morgan fingerprint density at radius 3 is 2.50 bits per heavy atom. The average Bonchev–Trinajstić information content (AvgIpc) is 2.68. The fourth-order valence-corrected chi connectivity index (χ4v) is 2.34. The van der Waals surface area contributed by atoms with Crippen LogP contribution in [0.25, 0.3) is 0 Å². The molecular weight excluding hydrogens is 230 g/mol. The van der Waals surface area contributed by atoms with E-state index in [9.17, 15) is 8.42 Å². The van der Waals surface area contributed by atoms with Crippen LogP contribution in [0, 0.1) is 0 Å². The Morgan fingerprint density at radius 1 is 1.44 bits per heavy atom. The molecule has 0 fully saturated rings. The minimum Gasteiger partial charge on any atom is -0.262 e. The van der Waals surface area contributed by atoms with E-state index in [1.165, 1.54) is 17.7 Å². The normalized spacial score (nSPS) is 14.6. The largest absolute Gasteiger partial charge is 0.280 e. The van der Waals surface area contributed by atoms with Crippen molar-refractivity contribution in [3.63, 3.8) is 0 Å². The number of aromatic amines is 1. The van der Waals surface area contributed by atoms with E-state index in [4.69, 9.17) is 0 Å². The second kappa shape index (κ2) is 4.89. The van der Waals surface area contributed by atoms with Crippen molar-refractivity contribution in [1.82, 2.24) is 24.2 Å². The Labute approximate surface area is 95.4 Å². The van der Waals surface area contributed by atoms with Crippen LogP contribution in [-0.4, -0.2) is 41.0 Å². The molecule has 0 aromatic carbocycles. The average molecular weight is 247 g/mol. The van der Waals surface area contributed by atoms with Gasteiger partial charge in [0, 0.05) is 13.1 Å². The fraction of sp³-hybridized carbons (Fsp3) is 0.750. The van der Waals surface area contributed by atoms with Crippen LogP contribution >= 0.6 is 0 Å². The van der Waals surface area contributed by atoms with Crippen LogP contribution in [0.5, 0.6) is 0 Å². The summed E-state index contributed by atoms with van der Waals surface area (Å²) in [6, 6.07) is -0.534. The highest BCUT2D eigenvalue weighted by atomic mass is 32.2. The summed E-state index contributed by atoms with van der Waals surface area (Å²) in [6.45, 7) is 5.31. The molecule has 92 valence electrons. The van der Waals surface area contributed by atoms with E-state index in [2.05, 4.69) is 19.9 Å². The van der Waals surface area contributed by atoms with E-state index in [0.29, 0.717) is 5.82 Å². The van der Waals surface area contributed by atoms with Gasteiger partial charge in [-0.1, -0.05) is 0 Å². The third-order valence-corrected chi connectivity index (χ3v) is 4.11. The minimum atomic E-state index is -3.49. The molecule has 1 rings (SSSR count). The molecule has 0 aliphatic rings. The summed E-state index contributed by atoms with van der Waals surface area (Å²) in [7, 11) is -1.96. The first kappa shape index (κ1) is 13.1. The van der Waals surface area contributed by atoms with Gasteiger partial charge in [0.15, 0.2) is 0 Å². The van der Waals surface area contributed by atoms with Crippen LogP contribution in [0.1, 0.15) is 32.6 Å². The zero-order chi connectivity index (χ0) is 12.3. The van der Waals surface area contributed by atoms with Gasteiger partial charge in [0.2, 0.25) is 0 Å². The van der Waals surface area contributed by atoms with Gasteiger partial charge in [-0.2, -0.15) is 22.5 Å². The summed E-state index contributed by atoms with van der Waals surface area (Å²) in [5.41, 5.74) is 0. The summed E-state index contributed by atoms with van der Waals surface area (Å²) >= 11 is 0. The molecule has 0 radical (unpaired) electrons. The van der Waals surface area contributed by atoms with E-state index in [1.807, 2.05) is 0 Å². The highest BCUT2D eigenvalue weighted by Gasteiger charge is 2.23. The predicted molar refractivity (Wildman–Crippen MR) is 59.8 cm³/mol. The van der Waals surface area contributed by atoms with E-state index in [-0.39, 0.29) is 6.04 Å². The molecule has 0 aliphatic heterocycles. The van der Waals surface area contributed by atoms with Gasteiger partial charge in [-0.3, -0.25) is 5.10 Å². The van der Waals surface area contributed by atoms with Gasteiger partial charge in [0.25, 0.3) is 10.2 Å². The van der Waals surface area contributed by atoms with Gasteiger partial charge in [0.05, 0.1) is 6.04 Å². The van der Waals surface area contributed by atoms with Crippen LogP contribution in [0.3, 0.4) is 0 Å². The zero-order valence-corrected chi connectivity index (χ0v) is 10.6. The molecule has 0 saturated carbocycles. The monoisotopic (exact) mass is 247 g/mol. The maximum atomic E-state index is 11.8. The van der Waals surface area contributed by atoms with Crippen molar-refractivity contribution in [2.24, 2.45) is 0 Å². The topological polar surface area (TPSA) is 91.0 Å². The van der Waals surface area contributed by atoms with Crippen molar-refractivity contribution in [3.8, 4) is 0 Å². The first-order valence-corrected chi connectivity index (χ1v) is 6.39. The van der Waals surface area contributed by atoms with Gasteiger partial charge in [-0.15, -0.1) is 0 Å². The summed E-state index contributed by atoms with van der Waals surface area (Å²) in [5.74, 6) is 0.487.